The smallest absolute Gasteiger partial charge is 0.324 e. The van der Waals surface area contributed by atoms with E-state index in [-0.39, 0.29) is 35.2 Å². The number of nitrogens with one attached hydrogen (secondary N) is 1. The first-order chi connectivity index (χ1) is 8.96. The van der Waals surface area contributed by atoms with Gasteiger partial charge < -0.3 is 15.2 Å². The Morgan fingerprint density at radius 3 is 2.75 bits per heavy atom. The number of esters is 2. The molecule has 0 aliphatic carbocycles. The Kier molecular flexibility index (Phi) is 8.19. The quantitative estimate of drug-likeness (QED) is 0.322. The van der Waals surface area contributed by atoms with Crippen molar-refractivity contribution in [1.82, 2.24) is 0 Å². The number of thioether (sulfide) groups is 1. The summed E-state index contributed by atoms with van der Waals surface area (Å²) in [5.41, 5.74) is 3.48. The number of cyclic esters (lactones) is 1. The van der Waals surface area contributed by atoms with Crippen molar-refractivity contribution in [2.24, 2.45) is 11.1 Å². The highest BCUT2D eigenvalue weighted by Gasteiger charge is 2.55. The summed E-state index contributed by atoms with van der Waals surface area (Å²) in [6, 6.07) is 0. The Morgan fingerprint density at radius 2 is 2.25 bits per heavy atom. The molecule has 6 nitrogen and oxygen atoms in total. The molecule has 1 heterocycles. The second-order valence-corrected chi connectivity index (χ2v) is 5.63. The van der Waals surface area contributed by atoms with Crippen molar-refractivity contribution >= 4 is 45.8 Å². The van der Waals surface area contributed by atoms with Crippen LogP contribution in [0, 0.1) is 10.8 Å². The number of nitrogens with two attached hydrogens (primary N) is 1. The van der Waals surface area contributed by atoms with Gasteiger partial charge in [-0.3, -0.25) is 15.0 Å². The van der Waals surface area contributed by atoms with Gasteiger partial charge in [-0.15, -0.1) is 17.0 Å². The van der Waals surface area contributed by atoms with Crippen LogP contribution in [0.5, 0.6) is 0 Å². The molecule has 1 fully saturated rings. The largest absolute Gasteiger partial charge is 0.465 e. The monoisotopic (exact) mass is 368 g/mol. The first kappa shape index (κ1) is 19.2. The van der Waals surface area contributed by atoms with Crippen LogP contribution in [0.1, 0.15) is 39.5 Å². The summed E-state index contributed by atoms with van der Waals surface area (Å²) in [6.45, 7) is 3.92. The lowest BCUT2D eigenvalue weighted by atomic mass is 9.81. The van der Waals surface area contributed by atoms with E-state index in [9.17, 15) is 9.59 Å². The van der Waals surface area contributed by atoms with Crippen molar-refractivity contribution in [3.05, 3.63) is 0 Å². The molecule has 2 unspecified atom stereocenters. The number of hydrogen-bond donors (Lipinski definition) is 2. The number of unbranched alkanes of at least 4 members (excludes halogenated alkanes) is 1. The fourth-order valence-electron chi connectivity index (χ4n) is 2.07. The minimum atomic E-state index is -1.22. The van der Waals surface area contributed by atoms with E-state index in [2.05, 4.69) is 0 Å². The highest BCUT2D eigenvalue weighted by molar-refractivity contribution is 8.93. The van der Waals surface area contributed by atoms with Gasteiger partial charge in [0.05, 0.1) is 6.61 Å². The minimum Gasteiger partial charge on any atom is -0.465 e. The molecule has 8 heteroatoms. The van der Waals surface area contributed by atoms with E-state index in [4.69, 9.17) is 20.6 Å². The molecule has 116 valence electrons. The first-order valence-corrected chi connectivity index (χ1v) is 7.23. The fourth-order valence-corrected chi connectivity index (χ4v) is 2.86. The van der Waals surface area contributed by atoms with Crippen molar-refractivity contribution in [2.75, 3.05) is 6.61 Å². The first-order valence-electron chi connectivity index (χ1n) is 6.35. The Morgan fingerprint density at radius 1 is 1.60 bits per heavy atom. The standard InChI is InChI=1S/C12H20N2O4S.BrH/c1-3-5-6-12(9(15)17-4-2)7-8(18-10(12)16)19-11(13)14;/h8H,3-7H2,1-2H3,(H3,13,14);1H. The average Bonchev–Trinajstić information content (AvgIpc) is 2.63. The van der Waals surface area contributed by atoms with Crippen molar-refractivity contribution in [3.8, 4) is 0 Å². The van der Waals surface area contributed by atoms with Gasteiger partial charge in [-0.25, -0.2) is 0 Å². The number of rotatable bonds is 6. The molecule has 1 aliphatic heterocycles. The SMILES string of the molecule is Br.CCCCC1(C(=O)OCC)CC(SC(=N)N)OC1=O. The zero-order valence-electron chi connectivity index (χ0n) is 11.6. The Bertz CT molecular complexity index is 380. The van der Waals surface area contributed by atoms with Crippen LogP contribution in [-0.4, -0.2) is 29.1 Å². The third-order valence-electron chi connectivity index (χ3n) is 3.03. The number of halogens is 1. The maximum absolute atomic E-state index is 12.1. The molecule has 0 aromatic heterocycles. The summed E-state index contributed by atoms with van der Waals surface area (Å²) in [4.78, 5) is 24.2. The van der Waals surface area contributed by atoms with Gasteiger partial charge >= 0.3 is 11.9 Å². The maximum atomic E-state index is 12.1. The van der Waals surface area contributed by atoms with Crippen LogP contribution in [0.2, 0.25) is 0 Å². The number of hydrogen-bond acceptors (Lipinski definition) is 6. The van der Waals surface area contributed by atoms with E-state index in [1.165, 1.54) is 0 Å². The average molecular weight is 369 g/mol. The summed E-state index contributed by atoms with van der Waals surface area (Å²) in [5.74, 6) is -1.08. The molecule has 0 aromatic rings. The van der Waals surface area contributed by atoms with E-state index in [1.807, 2.05) is 6.92 Å². The molecule has 0 saturated carbocycles. The van der Waals surface area contributed by atoms with E-state index in [0.29, 0.717) is 6.42 Å². The summed E-state index contributed by atoms with van der Waals surface area (Å²) >= 11 is 0.947. The molecule has 0 aromatic carbocycles. The molecule has 3 N–H and O–H groups in total. The van der Waals surface area contributed by atoms with Crippen LogP contribution >= 0.6 is 28.7 Å². The van der Waals surface area contributed by atoms with Crippen LogP contribution in [0.25, 0.3) is 0 Å². The van der Waals surface area contributed by atoms with E-state index < -0.39 is 22.8 Å². The van der Waals surface area contributed by atoms with Gasteiger partial charge in [0.1, 0.15) is 0 Å². The number of carbonyl (C=O) groups is 2. The van der Waals surface area contributed by atoms with E-state index in [0.717, 1.165) is 24.6 Å². The molecule has 1 aliphatic rings. The lowest BCUT2D eigenvalue weighted by molar-refractivity contribution is -0.165. The minimum absolute atomic E-state index is 0. The number of amidine groups is 1. The third kappa shape index (κ3) is 4.37. The van der Waals surface area contributed by atoms with Crippen LogP contribution in [-0.2, 0) is 19.1 Å². The highest BCUT2D eigenvalue weighted by Crippen LogP contribution is 2.43. The Labute approximate surface area is 133 Å². The summed E-state index contributed by atoms with van der Waals surface area (Å²) < 4.78 is 10.2. The molecule has 0 radical (unpaired) electrons. The zero-order chi connectivity index (χ0) is 14.5. The van der Waals surface area contributed by atoms with Crippen molar-refractivity contribution in [3.63, 3.8) is 0 Å². The van der Waals surface area contributed by atoms with Crippen molar-refractivity contribution in [2.45, 2.75) is 45.0 Å². The van der Waals surface area contributed by atoms with Crippen LogP contribution < -0.4 is 5.73 Å². The normalized spacial score (nSPS) is 24.7. The van der Waals surface area contributed by atoms with Gasteiger partial charge in [0.2, 0.25) is 0 Å². The topological polar surface area (TPSA) is 102 Å². The van der Waals surface area contributed by atoms with Crippen molar-refractivity contribution < 1.29 is 19.1 Å². The molecular weight excluding hydrogens is 348 g/mol. The second kappa shape index (κ2) is 8.51. The van der Waals surface area contributed by atoms with Crippen molar-refractivity contribution in [1.29, 1.82) is 5.41 Å². The molecule has 0 bridgehead atoms. The molecular formula is C12H21BrN2O4S. The summed E-state index contributed by atoms with van der Waals surface area (Å²) in [6.07, 6.45) is 2.25. The van der Waals surface area contributed by atoms with E-state index >= 15 is 0 Å². The lowest BCUT2D eigenvalue weighted by Gasteiger charge is -2.21. The van der Waals surface area contributed by atoms with Crippen LogP contribution in [0.15, 0.2) is 0 Å². The molecule has 1 saturated heterocycles. The lowest BCUT2D eigenvalue weighted by Crippen LogP contribution is -2.37. The van der Waals surface area contributed by atoms with Gasteiger partial charge in [0.25, 0.3) is 0 Å². The Balaban J connectivity index is 0.00000361. The number of ether oxygens (including phenoxy) is 2. The van der Waals surface area contributed by atoms with Gasteiger partial charge in [-0.2, -0.15) is 0 Å². The third-order valence-corrected chi connectivity index (χ3v) is 3.81. The molecule has 0 amide bonds. The van der Waals surface area contributed by atoms with Gasteiger partial charge in [0, 0.05) is 6.42 Å². The van der Waals surface area contributed by atoms with Crippen LogP contribution in [0.4, 0.5) is 0 Å². The van der Waals surface area contributed by atoms with E-state index in [1.54, 1.807) is 6.92 Å². The van der Waals surface area contributed by atoms with Gasteiger partial charge in [0.15, 0.2) is 16.0 Å². The predicted octanol–water partition coefficient (Wildman–Crippen LogP) is 2.20. The molecule has 20 heavy (non-hydrogen) atoms. The zero-order valence-corrected chi connectivity index (χ0v) is 14.2. The van der Waals surface area contributed by atoms with Gasteiger partial charge in [-0.05, 0) is 25.1 Å². The fraction of sp³-hybridized carbons (Fsp3) is 0.750. The number of carbonyl (C=O) groups excluding carboxylic acids is 2. The van der Waals surface area contributed by atoms with Gasteiger partial charge in [-0.1, -0.05) is 19.8 Å². The molecule has 1 rings (SSSR count). The molecule has 2 atom stereocenters. The second-order valence-electron chi connectivity index (χ2n) is 4.43. The predicted molar refractivity (Wildman–Crippen MR) is 82.9 cm³/mol. The van der Waals surface area contributed by atoms with Crippen LogP contribution in [0.3, 0.4) is 0 Å². The highest BCUT2D eigenvalue weighted by atomic mass is 79.9. The maximum Gasteiger partial charge on any atom is 0.324 e. The summed E-state index contributed by atoms with van der Waals surface area (Å²) in [5, 5.41) is 7.08. The summed E-state index contributed by atoms with van der Waals surface area (Å²) in [7, 11) is 0. The molecule has 0 spiro atoms. The Hall–Kier alpha value is -0.760.